The van der Waals surface area contributed by atoms with E-state index in [-0.39, 0.29) is 11.8 Å². The number of carbonyl (C=O) groups excluding carboxylic acids is 1. The van der Waals surface area contributed by atoms with Crippen molar-refractivity contribution in [1.82, 2.24) is 14.8 Å². The van der Waals surface area contributed by atoms with E-state index < -0.39 is 0 Å². The number of carbonyl (C=O) groups is 1. The Morgan fingerprint density at radius 1 is 1.10 bits per heavy atom. The SMILES string of the molecule is CN1CCN(C(=O)/C=C/C2=c3ccc(=Cc4c(O)[nH]c5ccccc45)cc3N=N2)CC1. The predicted molar refractivity (Wildman–Crippen MR) is 120 cm³/mol. The van der Waals surface area contributed by atoms with Crippen molar-refractivity contribution in [3.05, 3.63) is 70.6 Å². The lowest BCUT2D eigenvalue weighted by Gasteiger charge is -2.31. The van der Waals surface area contributed by atoms with E-state index in [0.717, 1.165) is 58.8 Å². The zero-order valence-corrected chi connectivity index (χ0v) is 17.2. The van der Waals surface area contributed by atoms with Crippen LogP contribution in [0.2, 0.25) is 0 Å². The van der Waals surface area contributed by atoms with E-state index in [2.05, 4.69) is 27.2 Å². The van der Waals surface area contributed by atoms with Crippen molar-refractivity contribution in [1.29, 1.82) is 0 Å². The minimum absolute atomic E-state index is 0.00372. The average molecular weight is 413 g/mol. The molecule has 7 nitrogen and oxygen atoms in total. The van der Waals surface area contributed by atoms with Gasteiger partial charge in [0.1, 0.15) is 0 Å². The Bertz CT molecular complexity index is 1340. The molecule has 2 N–H and O–H groups in total. The van der Waals surface area contributed by atoms with Crippen LogP contribution in [0.4, 0.5) is 5.69 Å². The molecule has 0 unspecified atom stereocenters. The van der Waals surface area contributed by atoms with E-state index >= 15 is 0 Å². The number of likely N-dealkylation sites (N-methyl/N-ethyl adjacent to an activating group) is 1. The third-order valence-corrected chi connectivity index (χ3v) is 5.80. The van der Waals surface area contributed by atoms with E-state index in [1.165, 1.54) is 0 Å². The lowest BCUT2D eigenvalue weighted by molar-refractivity contribution is -0.127. The zero-order chi connectivity index (χ0) is 21.4. The van der Waals surface area contributed by atoms with Gasteiger partial charge in [-0.1, -0.05) is 24.3 Å². The van der Waals surface area contributed by atoms with Crippen molar-refractivity contribution >= 4 is 34.3 Å². The number of benzene rings is 2. The molecule has 3 aromatic rings. The van der Waals surface area contributed by atoms with Crippen LogP contribution in [0.1, 0.15) is 5.56 Å². The molecule has 1 fully saturated rings. The molecule has 0 aliphatic carbocycles. The number of fused-ring (bicyclic) bond motifs is 2. The van der Waals surface area contributed by atoms with Crippen LogP contribution >= 0.6 is 0 Å². The molecule has 156 valence electrons. The van der Waals surface area contributed by atoms with E-state index in [1.54, 1.807) is 12.2 Å². The second-order valence-corrected chi connectivity index (χ2v) is 7.90. The standard InChI is InChI=1S/C24H23N5O2/c1-28-10-12-29(13-11-28)23(30)9-8-21-18-7-6-16(15-22(18)27-26-21)14-19-17-4-2-3-5-20(17)25-24(19)31/h2-9,14-15,25,31H,10-13H2,1H3/b9-8+,16-14?. The molecule has 7 heteroatoms. The highest BCUT2D eigenvalue weighted by molar-refractivity contribution is 5.92. The number of nitrogens with zero attached hydrogens (tertiary/aromatic N) is 4. The van der Waals surface area contributed by atoms with Crippen molar-refractivity contribution in [3.8, 4) is 5.88 Å². The third-order valence-electron chi connectivity index (χ3n) is 5.80. The maximum absolute atomic E-state index is 12.4. The predicted octanol–water partition coefficient (Wildman–Crippen LogP) is 2.24. The number of aromatic hydroxyl groups is 1. The van der Waals surface area contributed by atoms with E-state index in [1.807, 2.05) is 53.4 Å². The van der Waals surface area contributed by atoms with Gasteiger partial charge in [0.15, 0.2) is 5.88 Å². The van der Waals surface area contributed by atoms with Gasteiger partial charge in [-0.2, -0.15) is 0 Å². The largest absolute Gasteiger partial charge is 0.494 e. The fraction of sp³-hybridized carbons (Fsp3) is 0.208. The first-order chi connectivity index (χ1) is 15.1. The topological polar surface area (TPSA) is 84.3 Å². The molecule has 0 atom stereocenters. The van der Waals surface area contributed by atoms with Gasteiger partial charge in [0.2, 0.25) is 5.91 Å². The number of hydrogen-bond acceptors (Lipinski definition) is 5. The van der Waals surface area contributed by atoms with Crippen LogP contribution in [0.15, 0.2) is 64.8 Å². The monoisotopic (exact) mass is 413 g/mol. The lowest BCUT2D eigenvalue weighted by atomic mass is 10.1. The number of H-pyrrole nitrogens is 1. The minimum atomic E-state index is 0.00372. The zero-order valence-electron chi connectivity index (χ0n) is 17.2. The van der Waals surface area contributed by atoms with E-state index in [4.69, 9.17) is 0 Å². The van der Waals surface area contributed by atoms with Crippen LogP contribution in [-0.2, 0) is 4.79 Å². The van der Waals surface area contributed by atoms with Crippen LogP contribution in [-0.4, -0.2) is 59.0 Å². The summed E-state index contributed by atoms with van der Waals surface area (Å²) in [5, 5.41) is 21.6. The number of hydrogen-bond donors (Lipinski definition) is 2. The van der Waals surface area contributed by atoms with Crippen molar-refractivity contribution in [3.63, 3.8) is 0 Å². The number of nitrogens with one attached hydrogen (secondary N) is 1. The second kappa shape index (κ2) is 7.85. The number of amides is 1. The van der Waals surface area contributed by atoms with Crippen molar-refractivity contribution in [2.45, 2.75) is 0 Å². The van der Waals surface area contributed by atoms with Gasteiger partial charge in [-0.25, -0.2) is 0 Å². The molecular weight excluding hydrogens is 390 g/mol. The van der Waals surface area contributed by atoms with Gasteiger partial charge in [0.05, 0.1) is 11.4 Å². The molecule has 2 aliphatic heterocycles. The number of para-hydroxylation sites is 1. The maximum Gasteiger partial charge on any atom is 0.246 e. The number of aromatic amines is 1. The normalized spacial score (nSPS) is 17.3. The summed E-state index contributed by atoms with van der Waals surface area (Å²) in [6.45, 7) is 3.27. The Balaban J connectivity index is 1.43. The Hall–Kier alpha value is -3.71. The Kier molecular flexibility index (Phi) is 4.88. The quantitative estimate of drug-likeness (QED) is 0.646. The number of piperazine rings is 1. The molecule has 3 heterocycles. The molecule has 2 aliphatic rings. The van der Waals surface area contributed by atoms with Gasteiger partial charge < -0.3 is 19.9 Å². The maximum atomic E-state index is 12.4. The molecule has 31 heavy (non-hydrogen) atoms. The molecule has 2 aromatic carbocycles. The smallest absolute Gasteiger partial charge is 0.246 e. The molecule has 1 aromatic heterocycles. The van der Waals surface area contributed by atoms with Crippen molar-refractivity contribution < 1.29 is 9.90 Å². The van der Waals surface area contributed by atoms with Crippen LogP contribution in [0.3, 0.4) is 0 Å². The molecule has 1 amide bonds. The summed E-state index contributed by atoms with van der Waals surface area (Å²) in [4.78, 5) is 19.5. The summed E-state index contributed by atoms with van der Waals surface area (Å²) < 4.78 is 0. The molecule has 0 spiro atoms. The van der Waals surface area contributed by atoms with E-state index in [0.29, 0.717) is 5.70 Å². The van der Waals surface area contributed by atoms with Gasteiger partial charge >= 0.3 is 0 Å². The van der Waals surface area contributed by atoms with Crippen LogP contribution in [0, 0.1) is 0 Å². The molecular formula is C24H23N5O2. The fourth-order valence-corrected chi connectivity index (χ4v) is 3.97. The Morgan fingerprint density at radius 2 is 1.90 bits per heavy atom. The molecule has 0 radical (unpaired) electrons. The summed E-state index contributed by atoms with van der Waals surface area (Å²) in [6, 6.07) is 13.6. The molecule has 0 saturated carbocycles. The first-order valence-corrected chi connectivity index (χ1v) is 10.3. The van der Waals surface area contributed by atoms with Gasteiger partial charge in [-0.05, 0) is 42.6 Å². The summed E-state index contributed by atoms with van der Waals surface area (Å²) >= 11 is 0. The van der Waals surface area contributed by atoms with Crippen LogP contribution in [0.25, 0.3) is 22.7 Å². The van der Waals surface area contributed by atoms with Gasteiger partial charge in [-0.3, -0.25) is 4.79 Å². The second-order valence-electron chi connectivity index (χ2n) is 7.90. The highest BCUT2D eigenvalue weighted by Gasteiger charge is 2.17. The van der Waals surface area contributed by atoms with Gasteiger partial charge in [0.25, 0.3) is 0 Å². The Morgan fingerprint density at radius 3 is 2.74 bits per heavy atom. The summed E-state index contributed by atoms with van der Waals surface area (Å²) in [5.41, 5.74) is 3.06. The minimum Gasteiger partial charge on any atom is -0.494 e. The highest BCUT2D eigenvalue weighted by atomic mass is 16.3. The lowest BCUT2D eigenvalue weighted by Crippen LogP contribution is -2.46. The van der Waals surface area contributed by atoms with Crippen LogP contribution < -0.4 is 10.4 Å². The molecule has 0 bridgehead atoms. The molecule has 5 rings (SSSR count). The van der Waals surface area contributed by atoms with E-state index in [9.17, 15) is 9.90 Å². The van der Waals surface area contributed by atoms with Crippen molar-refractivity contribution in [2.75, 3.05) is 33.2 Å². The molecule has 1 saturated heterocycles. The average Bonchev–Trinajstić information content (AvgIpc) is 3.33. The van der Waals surface area contributed by atoms with Crippen molar-refractivity contribution in [2.24, 2.45) is 10.2 Å². The highest BCUT2D eigenvalue weighted by Crippen LogP contribution is 2.27. The summed E-state index contributed by atoms with van der Waals surface area (Å²) in [5.74, 6) is 0.143. The first kappa shape index (κ1) is 19.3. The number of azo groups is 1. The summed E-state index contributed by atoms with van der Waals surface area (Å²) in [6.07, 6.45) is 5.25. The summed E-state index contributed by atoms with van der Waals surface area (Å²) in [7, 11) is 2.06. The first-order valence-electron chi connectivity index (χ1n) is 10.3. The van der Waals surface area contributed by atoms with Gasteiger partial charge in [-0.15, -0.1) is 10.2 Å². The number of rotatable bonds is 3. The Labute approximate surface area is 179 Å². The van der Waals surface area contributed by atoms with Gasteiger partial charge in [0, 0.05) is 53.9 Å². The van der Waals surface area contributed by atoms with Crippen LogP contribution in [0.5, 0.6) is 5.88 Å². The fourth-order valence-electron chi connectivity index (χ4n) is 3.97. The third kappa shape index (κ3) is 3.75. The number of aromatic nitrogens is 1.